The predicted molar refractivity (Wildman–Crippen MR) is 59.8 cm³/mol. The molecule has 0 bridgehead atoms. The molecule has 2 rings (SSSR count). The summed E-state index contributed by atoms with van der Waals surface area (Å²) in [6.07, 6.45) is 4.51. The molecule has 5 heteroatoms. The Kier molecular flexibility index (Phi) is 3.36. The lowest BCUT2D eigenvalue weighted by atomic mass is 10.1. The van der Waals surface area contributed by atoms with E-state index in [1.165, 1.54) is 0 Å². The fraction of sp³-hybridized carbons (Fsp3) is 0.455. The molecule has 1 atom stereocenters. The minimum atomic E-state index is 0.0231. The van der Waals surface area contributed by atoms with Gasteiger partial charge >= 0.3 is 0 Å². The molecule has 1 N–H and O–H groups in total. The average molecular weight is 220 g/mol. The Morgan fingerprint density at radius 2 is 2.44 bits per heavy atom. The second kappa shape index (κ2) is 4.94. The number of nitrogens with one attached hydrogen (secondary N) is 1. The van der Waals surface area contributed by atoms with Gasteiger partial charge in [-0.25, -0.2) is 0 Å². The monoisotopic (exact) mass is 220 g/mol. The fourth-order valence-corrected chi connectivity index (χ4v) is 1.65. The van der Waals surface area contributed by atoms with Gasteiger partial charge in [0, 0.05) is 7.05 Å². The molecule has 86 valence electrons. The van der Waals surface area contributed by atoms with Crippen LogP contribution in [0.4, 0.5) is 0 Å². The van der Waals surface area contributed by atoms with Crippen LogP contribution in [0.3, 0.4) is 0 Å². The highest BCUT2D eigenvalue weighted by molar-refractivity contribution is 5.17. The van der Waals surface area contributed by atoms with Gasteiger partial charge in [0.1, 0.15) is 11.8 Å². The molecule has 5 nitrogen and oxygen atoms in total. The van der Waals surface area contributed by atoms with Crippen LogP contribution in [-0.2, 0) is 7.05 Å². The molecule has 0 aliphatic heterocycles. The summed E-state index contributed by atoms with van der Waals surface area (Å²) in [4.78, 5) is 0. The van der Waals surface area contributed by atoms with E-state index in [-0.39, 0.29) is 6.04 Å². The van der Waals surface area contributed by atoms with Gasteiger partial charge in [-0.1, -0.05) is 12.1 Å². The highest BCUT2D eigenvalue weighted by Crippen LogP contribution is 2.20. The molecule has 2 aromatic rings. The Morgan fingerprint density at radius 3 is 3.00 bits per heavy atom. The molecule has 1 unspecified atom stereocenters. The molecule has 0 spiro atoms. The quantitative estimate of drug-likeness (QED) is 0.829. The molecule has 0 aliphatic carbocycles. The van der Waals surface area contributed by atoms with Crippen molar-refractivity contribution in [3.8, 4) is 0 Å². The van der Waals surface area contributed by atoms with E-state index < -0.39 is 0 Å². The van der Waals surface area contributed by atoms with Crippen molar-refractivity contribution in [3.05, 3.63) is 36.0 Å². The minimum Gasteiger partial charge on any atom is -0.467 e. The van der Waals surface area contributed by atoms with Crippen LogP contribution in [0.5, 0.6) is 0 Å². The van der Waals surface area contributed by atoms with E-state index in [1.807, 2.05) is 19.2 Å². The molecule has 2 heterocycles. The Morgan fingerprint density at radius 1 is 1.56 bits per heavy atom. The smallest absolute Gasteiger partial charge is 0.126 e. The van der Waals surface area contributed by atoms with Crippen molar-refractivity contribution >= 4 is 0 Å². The van der Waals surface area contributed by atoms with Crippen LogP contribution in [0.1, 0.15) is 30.8 Å². The van der Waals surface area contributed by atoms with E-state index in [4.69, 9.17) is 4.42 Å². The van der Waals surface area contributed by atoms with E-state index in [9.17, 15) is 0 Å². The van der Waals surface area contributed by atoms with Gasteiger partial charge in [-0.2, -0.15) is 0 Å². The number of rotatable bonds is 5. The number of aromatic nitrogens is 3. The van der Waals surface area contributed by atoms with Crippen LogP contribution >= 0.6 is 0 Å². The van der Waals surface area contributed by atoms with E-state index in [0.29, 0.717) is 0 Å². The van der Waals surface area contributed by atoms with Crippen LogP contribution in [0.15, 0.2) is 29.0 Å². The third-order valence-electron chi connectivity index (χ3n) is 2.47. The van der Waals surface area contributed by atoms with Crippen LogP contribution in [0, 0.1) is 0 Å². The van der Waals surface area contributed by atoms with Crippen molar-refractivity contribution in [1.29, 1.82) is 0 Å². The van der Waals surface area contributed by atoms with E-state index in [1.54, 1.807) is 17.1 Å². The minimum absolute atomic E-state index is 0.0231. The second-order valence-electron chi connectivity index (χ2n) is 3.69. The van der Waals surface area contributed by atoms with E-state index in [0.717, 1.165) is 24.4 Å². The first kappa shape index (κ1) is 10.9. The van der Waals surface area contributed by atoms with E-state index in [2.05, 4.69) is 22.6 Å². The van der Waals surface area contributed by atoms with Crippen LogP contribution < -0.4 is 5.32 Å². The highest BCUT2D eigenvalue weighted by Gasteiger charge is 2.19. The van der Waals surface area contributed by atoms with Crippen molar-refractivity contribution in [1.82, 2.24) is 20.3 Å². The largest absolute Gasteiger partial charge is 0.467 e. The van der Waals surface area contributed by atoms with Crippen molar-refractivity contribution in [2.45, 2.75) is 19.4 Å². The van der Waals surface area contributed by atoms with Gasteiger partial charge in [0.15, 0.2) is 0 Å². The maximum atomic E-state index is 5.44. The first-order chi connectivity index (χ1) is 7.83. The van der Waals surface area contributed by atoms with Gasteiger partial charge in [0.05, 0.1) is 18.2 Å². The summed E-state index contributed by atoms with van der Waals surface area (Å²) in [7, 11) is 1.88. The number of hydrogen-bond acceptors (Lipinski definition) is 4. The molecule has 0 aliphatic rings. The summed E-state index contributed by atoms with van der Waals surface area (Å²) in [6, 6.07) is 3.87. The lowest BCUT2D eigenvalue weighted by Crippen LogP contribution is -2.24. The SMILES string of the molecule is CCCNC(c1ccco1)c1cnnn1C. The van der Waals surface area contributed by atoms with Crippen molar-refractivity contribution in [2.75, 3.05) is 6.54 Å². The van der Waals surface area contributed by atoms with Crippen molar-refractivity contribution in [2.24, 2.45) is 7.05 Å². The molecular formula is C11H16N4O. The standard InChI is InChI=1S/C11H16N4O/c1-3-6-12-11(10-5-4-7-16-10)9-8-13-14-15(9)2/h4-5,7-8,11-12H,3,6H2,1-2H3. The zero-order chi connectivity index (χ0) is 11.4. The zero-order valence-electron chi connectivity index (χ0n) is 9.55. The highest BCUT2D eigenvalue weighted by atomic mass is 16.3. The molecule has 0 saturated carbocycles. The van der Waals surface area contributed by atoms with E-state index >= 15 is 0 Å². The Hall–Kier alpha value is -1.62. The summed E-state index contributed by atoms with van der Waals surface area (Å²) in [5.74, 6) is 0.888. The second-order valence-corrected chi connectivity index (χ2v) is 3.69. The number of aryl methyl sites for hydroxylation is 1. The third kappa shape index (κ3) is 2.14. The summed E-state index contributed by atoms with van der Waals surface area (Å²) in [6.45, 7) is 3.06. The van der Waals surface area contributed by atoms with Crippen molar-refractivity contribution in [3.63, 3.8) is 0 Å². The molecule has 0 saturated heterocycles. The molecule has 0 radical (unpaired) electrons. The first-order valence-corrected chi connectivity index (χ1v) is 5.44. The van der Waals surface area contributed by atoms with Gasteiger partial charge in [0.25, 0.3) is 0 Å². The lowest BCUT2D eigenvalue weighted by molar-refractivity contribution is 0.432. The molecular weight excluding hydrogens is 204 g/mol. The number of furan rings is 1. The number of nitrogens with zero attached hydrogens (tertiary/aromatic N) is 3. The summed E-state index contributed by atoms with van der Waals surface area (Å²) >= 11 is 0. The molecule has 2 aromatic heterocycles. The van der Waals surface area contributed by atoms with Crippen LogP contribution in [-0.4, -0.2) is 21.5 Å². The summed E-state index contributed by atoms with van der Waals surface area (Å²) in [5, 5.41) is 11.3. The molecule has 0 fully saturated rings. The van der Waals surface area contributed by atoms with Crippen LogP contribution in [0.2, 0.25) is 0 Å². The topological polar surface area (TPSA) is 55.9 Å². The predicted octanol–water partition coefficient (Wildman–Crippen LogP) is 1.50. The maximum Gasteiger partial charge on any atom is 0.126 e. The maximum absolute atomic E-state index is 5.44. The fourth-order valence-electron chi connectivity index (χ4n) is 1.65. The molecule has 16 heavy (non-hydrogen) atoms. The third-order valence-corrected chi connectivity index (χ3v) is 2.47. The average Bonchev–Trinajstić information content (AvgIpc) is 2.91. The van der Waals surface area contributed by atoms with Gasteiger partial charge in [0.2, 0.25) is 0 Å². The van der Waals surface area contributed by atoms with Crippen LogP contribution in [0.25, 0.3) is 0 Å². The zero-order valence-corrected chi connectivity index (χ0v) is 9.55. The number of hydrogen-bond donors (Lipinski definition) is 1. The van der Waals surface area contributed by atoms with Crippen molar-refractivity contribution < 1.29 is 4.42 Å². The Labute approximate surface area is 94.5 Å². The summed E-state index contributed by atoms with van der Waals surface area (Å²) < 4.78 is 7.20. The van der Waals surface area contributed by atoms with Gasteiger partial charge < -0.3 is 9.73 Å². The first-order valence-electron chi connectivity index (χ1n) is 5.44. The summed E-state index contributed by atoms with van der Waals surface area (Å²) in [5.41, 5.74) is 1.00. The van der Waals surface area contributed by atoms with Gasteiger partial charge in [-0.3, -0.25) is 4.68 Å². The van der Waals surface area contributed by atoms with Gasteiger partial charge in [-0.15, -0.1) is 5.10 Å². The van der Waals surface area contributed by atoms with Gasteiger partial charge in [-0.05, 0) is 25.1 Å². The normalized spacial score (nSPS) is 12.9. The molecule has 0 amide bonds. The molecule has 0 aromatic carbocycles. The lowest BCUT2D eigenvalue weighted by Gasteiger charge is -2.15. The Balaban J connectivity index is 2.25. The Bertz CT molecular complexity index is 421.